The fourth-order valence-corrected chi connectivity index (χ4v) is 3.68. The van der Waals surface area contributed by atoms with Gasteiger partial charge in [0.25, 0.3) is 0 Å². The van der Waals surface area contributed by atoms with E-state index in [9.17, 15) is 4.79 Å². The number of carbonyl (C=O) groups is 1. The molecular formula is C27H19ClN4O. The van der Waals surface area contributed by atoms with E-state index in [1.54, 1.807) is 24.3 Å². The average molecular weight is 451 g/mol. The van der Waals surface area contributed by atoms with Gasteiger partial charge in [-0.3, -0.25) is 0 Å². The van der Waals surface area contributed by atoms with E-state index in [-0.39, 0.29) is 6.03 Å². The number of carbonyl (C=O) groups excluding carboxylic acids is 1. The summed E-state index contributed by atoms with van der Waals surface area (Å²) in [7, 11) is 0. The van der Waals surface area contributed by atoms with Crippen LogP contribution in [0.5, 0.6) is 0 Å². The van der Waals surface area contributed by atoms with E-state index in [4.69, 9.17) is 21.6 Å². The Kier molecular flexibility index (Phi) is 5.70. The van der Waals surface area contributed by atoms with Gasteiger partial charge in [0.05, 0.1) is 22.4 Å². The fourth-order valence-electron chi connectivity index (χ4n) is 3.55. The van der Waals surface area contributed by atoms with Gasteiger partial charge in [-0.2, -0.15) is 0 Å². The molecule has 5 nitrogen and oxygen atoms in total. The second-order valence-electron chi connectivity index (χ2n) is 7.44. The van der Waals surface area contributed by atoms with Crippen LogP contribution in [0.4, 0.5) is 16.2 Å². The zero-order chi connectivity index (χ0) is 22.6. The minimum atomic E-state index is -0.353. The molecule has 0 saturated heterocycles. The SMILES string of the molecule is O=C(Nc1ccc(Cl)cc1)Nc1ccc2nc(-c3ccccc3)c(-c3ccccc3)nc2c1. The Balaban J connectivity index is 1.50. The van der Waals surface area contributed by atoms with Crippen molar-refractivity contribution in [3.8, 4) is 22.5 Å². The normalized spacial score (nSPS) is 10.7. The molecule has 6 heteroatoms. The highest BCUT2D eigenvalue weighted by Crippen LogP contribution is 2.31. The van der Waals surface area contributed by atoms with Crippen molar-refractivity contribution >= 4 is 40.0 Å². The Morgan fingerprint density at radius 1 is 0.606 bits per heavy atom. The summed E-state index contributed by atoms with van der Waals surface area (Å²) in [4.78, 5) is 22.3. The van der Waals surface area contributed by atoms with Crippen molar-refractivity contribution < 1.29 is 4.79 Å². The van der Waals surface area contributed by atoms with Crippen LogP contribution in [0, 0.1) is 0 Å². The molecule has 1 aromatic heterocycles. The van der Waals surface area contributed by atoms with Gasteiger partial charge < -0.3 is 10.6 Å². The molecule has 0 radical (unpaired) electrons. The first kappa shape index (κ1) is 20.7. The van der Waals surface area contributed by atoms with Crippen LogP contribution >= 0.6 is 11.6 Å². The summed E-state index contributed by atoms with van der Waals surface area (Å²) >= 11 is 5.90. The van der Waals surface area contributed by atoms with Gasteiger partial charge in [0.1, 0.15) is 0 Å². The Hall–Kier alpha value is -4.22. The van der Waals surface area contributed by atoms with E-state index in [0.717, 1.165) is 28.0 Å². The number of urea groups is 1. The van der Waals surface area contributed by atoms with E-state index in [2.05, 4.69) is 10.6 Å². The first-order chi connectivity index (χ1) is 16.2. The second-order valence-corrected chi connectivity index (χ2v) is 7.88. The Bertz CT molecular complexity index is 1420. The lowest BCUT2D eigenvalue weighted by atomic mass is 10.0. The maximum Gasteiger partial charge on any atom is 0.323 e. The van der Waals surface area contributed by atoms with Crippen molar-refractivity contribution in [2.45, 2.75) is 0 Å². The highest BCUT2D eigenvalue weighted by Gasteiger charge is 2.14. The number of nitrogens with one attached hydrogen (secondary N) is 2. The predicted molar refractivity (Wildman–Crippen MR) is 135 cm³/mol. The van der Waals surface area contributed by atoms with Crippen molar-refractivity contribution in [1.29, 1.82) is 0 Å². The number of amides is 2. The minimum absolute atomic E-state index is 0.353. The van der Waals surface area contributed by atoms with Gasteiger partial charge >= 0.3 is 6.03 Å². The van der Waals surface area contributed by atoms with E-state index in [1.807, 2.05) is 78.9 Å². The quantitative estimate of drug-likeness (QED) is 0.302. The van der Waals surface area contributed by atoms with Crippen LogP contribution in [0.3, 0.4) is 0 Å². The van der Waals surface area contributed by atoms with E-state index >= 15 is 0 Å². The predicted octanol–water partition coefficient (Wildman–Crippen LogP) is 7.26. The number of hydrogen-bond donors (Lipinski definition) is 2. The summed E-state index contributed by atoms with van der Waals surface area (Å²) in [5, 5.41) is 6.25. The first-order valence-corrected chi connectivity index (χ1v) is 10.8. The molecule has 0 bridgehead atoms. The van der Waals surface area contributed by atoms with Crippen molar-refractivity contribution in [2.24, 2.45) is 0 Å². The van der Waals surface area contributed by atoms with Gasteiger partial charge in [-0.15, -0.1) is 0 Å². The van der Waals surface area contributed by atoms with E-state index < -0.39 is 0 Å². The number of nitrogens with zero attached hydrogens (tertiary/aromatic N) is 2. The number of fused-ring (bicyclic) bond motifs is 1. The molecule has 0 fully saturated rings. The van der Waals surface area contributed by atoms with Gasteiger partial charge in [-0.1, -0.05) is 72.3 Å². The lowest BCUT2D eigenvalue weighted by molar-refractivity contribution is 0.262. The smallest absolute Gasteiger partial charge is 0.308 e. The van der Waals surface area contributed by atoms with Crippen molar-refractivity contribution in [2.75, 3.05) is 10.6 Å². The number of hydrogen-bond acceptors (Lipinski definition) is 3. The molecule has 4 aromatic carbocycles. The molecule has 0 atom stereocenters. The van der Waals surface area contributed by atoms with Crippen LogP contribution in [0.1, 0.15) is 0 Å². The average Bonchev–Trinajstić information content (AvgIpc) is 2.85. The second kappa shape index (κ2) is 9.10. The molecule has 0 aliphatic heterocycles. The maximum absolute atomic E-state index is 12.4. The summed E-state index contributed by atoms with van der Waals surface area (Å²) in [6.45, 7) is 0. The molecule has 2 amide bonds. The van der Waals surface area contributed by atoms with Crippen LogP contribution in [0.15, 0.2) is 103 Å². The zero-order valence-corrected chi connectivity index (χ0v) is 18.3. The van der Waals surface area contributed by atoms with E-state index in [0.29, 0.717) is 21.9 Å². The van der Waals surface area contributed by atoms with Crippen LogP contribution in [-0.2, 0) is 0 Å². The lowest BCUT2D eigenvalue weighted by Gasteiger charge is -2.12. The Morgan fingerprint density at radius 3 is 1.73 bits per heavy atom. The van der Waals surface area contributed by atoms with Gasteiger partial charge in [-0.05, 0) is 42.5 Å². The summed E-state index contributed by atoms with van der Waals surface area (Å²) < 4.78 is 0. The molecule has 160 valence electrons. The largest absolute Gasteiger partial charge is 0.323 e. The number of aromatic nitrogens is 2. The third-order valence-corrected chi connectivity index (χ3v) is 5.37. The summed E-state index contributed by atoms with van der Waals surface area (Å²) in [6, 6.07) is 32.1. The topological polar surface area (TPSA) is 66.9 Å². The van der Waals surface area contributed by atoms with Gasteiger partial charge in [0, 0.05) is 27.5 Å². The number of halogens is 1. The Morgan fingerprint density at radius 2 is 1.12 bits per heavy atom. The summed E-state index contributed by atoms with van der Waals surface area (Å²) in [6.07, 6.45) is 0. The zero-order valence-electron chi connectivity index (χ0n) is 17.5. The molecule has 0 unspecified atom stereocenters. The standard InChI is InChI=1S/C27H19ClN4O/c28-20-11-13-21(14-12-20)29-27(33)30-22-15-16-23-24(17-22)32-26(19-9-5-2-6-10-19)25(31-23)18-7-3-1-4-8-18/h1-17H,(H2,29,30,33). The molecule has 0 spiro atoms. The lowest BCUT2D eigenvalue weighted by Crippen LogP contribution is -2.19. The molecule has 5 rings (SSSR count). The van der Waals surface area contributed by atoms with Gasteiger partial charge in [0.15, 0.2) is 0 Å². The van der Waals surface area contributed by atoms with Crippen molar-refractivity contribution in [1.82, 2.24) is 9.97 Å². The molecule has 0 saturated carbocycles. The van der Waals surface area contributed by atoms with Gasteiger partial charge in [0.2, 0.25) is 0 Å². The monoisotopic (exact) mass is 450 g/mol. The van der Waals surface area contributed by atoms with E-state index in [1.165, 1.54) is 0 Å². The molecule has 5 aromatic rings. The number of rotatable bonds is 4. The molecule has 0 aliphatic carbocycles. The van der Waals surface area contributed by atoms with Crippen LogP contribution in [0.25, 0.3) is 33.5 Å². The molecule has 33 heavy (non-hydrogen) atoms. The number of anilines is 2. The van der Waals surface area contributed by atoms with Crippen LogP contribution in [-0.4, -0.2) is 16.0 Å². The molecule has 1 heterocycles. The molecular weight excluding hydrogens is 432 g/mol. The summed E-state index contributed by atoms with van der Waals surface area (Å²) in [5.74, 6) is 0. The van der Waals surface area contributed by atoms with Crippen LogP contribution in [0.2, 0.25) is 5.02 Å². The molecule has 2 N–H and O–H groups in total. The van der Waals surface area contributed by atoms with Crippen molar-refractivity contribution in [3.63, 3.8) is 0 Å². The maximum atomic E-state index is 12.4. The summed E-state index contributed by atoms with van der Waals surface area (Å²) in [5.41, 5.74) is 6.29. The Labute approximate surface area is 196 Å². The first-order valence-electron chi connectivity index (χ1n) is 10.4. The minimum Gasteiger partial charge on any atom is -0.308 e. The third-order valence-electron chi connectivity index (χ3n) is 5.12. The molecule has 0 aliphatic rings. The third kappa shape index (κ3) is 4.68. The van der Waals surface area contributed by atoms with Crippen molar-refractivity contribution in [3.05, 3.63) is 108 Å². The van der Waals surface area contributed by atoms with Crippen LogP contribution < -0.4 is 10.6 Å². The van der Waals surface area contributed by atoms with Gasteiger partial charge in [-0.25, -0.2) is 14.8 Å². The highest BCUT2D eigenvalue weighted by molar-refractivity contribution is 6.30. The highest BCUT2D eigenvalue weighted by atomic mass is 35.5. The fraction of sp³-hybridized carbons (Fsp3) is 0. The number of benzene rings is 4.